The molecule has 0 unspecified atom stereocenters. The first-order chi connectivity index (χ1) is 26.4. The lowest BCUT2D eigenvalue weighted by atomic mass is 9.52. The summed E-state index contributed by atoms with van der Waals surface area (Å²) in [7, 11) is 3.35. The molecule has 55 heavy (non-hydrogen) atoms. The Hall–Kier alpha value is -5.39. The van der Waals surface area contributed by atoms with Crippen LogP contribution < -0.4 is 14.2 Å². The molecule has 278 valence electrons. The van der Waals surface area contributed by atoms with E-state index in [1.165, 1.54) is 34.4 Å². The molecular weight excluding hydrogens is 684 g/mol. The van der Waals surface area contributed by atoms with Crippen molar-refractivity contribution in [1.82, 2.24) is 0 Å². The van der Waals surface area contributed by atoms with E-state index < -0.39 is 5.60 Å². The molecule has 0 aromatic heterocycles. The molecule has 1 N–H and O–H groups in total. The summed E-state index contributed by atoms with van der Waals surface area (Å²) >= 11 is 0. The second-order valence-corrected chi connectivity index (χ2v) is 17.3. The van der Waals surface area contributed by atoms with Crippen LogP contribution in [0.5, 0.6) is 17.2 Å². The first-order valence-corrected chi connectivity index (χ1v) is 19.2. The van der Waals surface area contributed by atoms with Crippen LogP contribution in [0.3, 0.4) is 0 Å². The average molecular weight is 731 g/mol. The zero-order valence-electron chi connectivity index (χ0n) is 32.4. The minimum Gasteiger partial charge on any atom is -0.497 e. The van der Waals surface area contributed by atoms with Gasteiger partial charge in [0, 0.05) is 27.5 Å². The van der Waals surface area contributed by atoms with Gasteiger partial charge < -0.3 is 19.3 Å². The highest BCUT2D eigenvalue weighted by atomic mass is 19.1. The van der Waals surface area contributed by atoms with Crippen molar-refractivity contribution in [2.24, 2.45) is 10.8 Å². The second-order valence-electron chi connectivity index (χ2n) is 17.3. The zero-order chi connectivity index (χ0) is 38.3. The van der Waals surface area contributed by atoms with Crippen molar-refractivity contribution in [2.75, 3.05) is 14.2 Å². The van der Waals surface area contributed by atoms with Gasteiger partial charge >= 0.3 is 0 Å². The van der Waals surface area contributed by atoms with Gasteiger partial charge in [-0.25, -0.2) is 4.39 Å². The van der Waals surface area contributed by atoms with Crippen LogP contribution in [0.2, 0.25) is 0 Å². The van der Waals surface area contributed by atoms with Gasteiger partial charge in [-0.3, -0.25) is 0 Å². The lowest BCUT2D eigenvalue weighted by molar-refractivity contribution is 0.0642. The predicted octanol–water partition coefficient (Wildman–Crippen LogP) is 12.0. The van der Waals surface area contributed by atoms with Gasteiger partial charge in [-0.2, -0.15) is 0 Å². The summed E-state index contributed by atoms with van der Waals surface area (Å²) in [6.45, 7) is 9.53. The SMILES string of the molecule is COc1ccc(C2(c3ccc(OC)cc3)C=Cc3c4c(c5cc(CO)c(-c6ccc(F)cc6)cc5c3O2)-c2ccccc2C42CC(C)(C)CC(C)(C)C2)cc1. The molecule has 1 aliphatic heterocycles. The zero-order valence-corrected chi connectivity index (χ0v) is 32.4. The van der Waals surface area contributed by atoms with E-state index in [1.807, 2.05) is 24.3 Å². The van der Waals surface area contributed by atoms with E-state index in [9.17, 15) is 9.50 Å². The van der Waals surface area contributed by atoms with Gasteiger partial charge in [0.25, 0.3) is 0 Å². The number of fused-ring (bicyclic) bond motifs is 10. The fraction of sp³-hybridized carbons (Fsp3) is 0.280. The van der Waals surface area contributed by atoms with Crippen molar-refractivity contribution < 1.29 is 23.7 Å². The first kappa shape index (κ1) is 35.3. The van der Waals surface area contributed by atoms with E-state index in [0.717, 1.165) is 80.7 Å². The number of aliphatic hydroxyl groups is 1. The summed E-state index contributed by atoms with van der Waals surface area (Å²) in [5.41, 5.74) is 9.49. The molecule has 0 bridgehead atoms. The van der Waals surface area contributed by atoms with Crippen molar-refractivity contribution in [3.63, 3.8) is 0 Å². The fourth-order valence-electron chi connectivity index (χ4n) is 10.9. The lowest BCUT2D eigenvalue weighted by Crippen LogP contribution is -2.44. The minimum absolute atomic E-state index is 0.0796. The highest BCUT2D eigenvalue weighted by Crippen LogP contribution is 2.67. The standard InChI is InChI=1S/C50H47FO4/c1-47(2)28-48(3,4)30-49(29-47)43-10-8-7-9-38(43)44-41-25-32(27-52)40(31-11-17-35(51)18-12-31)26-42(41)46-39(45(44)49)23-24-50(55-46,33-13-19-36(53-5)20-14-33)34-15-21-37(54-6)22-16-34/h7-26,52H,27-30H2,1-6H3. The maximum atomic E-state index is 14.2. The molecule has 0 atom stereocenters. The van der Waals surface area contributed by atoms with Crippen LogP contribution in [0.15, 0.2) is 115 Å². The largest absolute Gasteiger partial charge is 0.497 e. The highest BCUT2D eigenvalue weighted by molar-refractivity contribution is 6.10. The van der Waals surface area contributed by atoms with E-state index in [2.05, 4.69) is 101 Å². The van der Waals surface area contributed by atoms with Gasteiger partial charge in [0.1, 0.15) is 23.1 Å². The molecule has 1 heterocycles. The molecule has 4 nitrogen and oxygen atoms in total. The Bertz CT molecular complexity index is 2430. The van der Waals surface area contributed by atoms with Crippen LogP contribution in [0.4, 0.5) is 4.39 Å². The third-order valence-corrected chi connectivity index (χ3v) is 12.3. The topological polar surface area (TPSA) is 47.9 Å². The van der Waals surface area contributed by atoms with Gasteiger partial charge in [0.15, 0.2) is 5.60 Å². The molecule has 6 aromatic rings. The normalized spacial score (nSPS) is 18.0. The number of hydrogen-bond donors (Lipinski definition) is 1. The molecule has 0 saturated heterocycles. The summed E-state index contributed by atoms with van der Waals surface area (Å²) in [6, 6.07) is 36.0. The van der Waals surface area contributed by atoms with Crippen LogP contribution in [0.1, 0.15) is 80.3 Å². The van der Waals surface area contributed by atoms with Crippen molar-refractivity contribution in [3.05, 3.63) is 154 Å². The Morgan fingerprint density at radius 2 is 1.29 bits per heavy atom. The number of ether oxygens (including phenoxy) is 3. The van der Waals surface area contributed by atoms with Crippen molar-refractivity contribution >= 4 is 16.8 Å². The quantitative estimate of drug-likeness (QED) is 0.185. The molecule has 2 aliphatic carbocycles. The third-order valence-electron chi connectivity index (χ3n) is 12.3. The monoisotopic (exact) mass is 730 g/mol. The van der Waals surface area contributed by atoms with E-state index in [4.69, 9.17) is 14.2 Å². The predicted molar refractivity (Wildman–Crippen MR) is 219 cm³/mol. The Morgan fingerprint density at radius 1 is 0.691 bits per heavy atom. The van der Waals surface area contributed by atoms with Gasteiger partial charge in [-0.15, -0.1) is 0 Å². The molecule has 1 spiro atoms. The summed E-state index contributed by atoms with van der Waals surface area (Å²) in [4.78, 5) is 0. The first-order valence-electron chi connectivity index (χ1n) is 19.2. The number of aliphatic hydroxyl groups excluding tert-OH is 1. The van der Waals surface area contributed by atoms with E-state index in [1.54, 1.807) is 26.4 Å². The highest BCUT2D eigenvalue weighted by Gasteiger charge is 2.55. The smallest absolute Gasteiger partial charge is 0.178 e. The van der Waals surface area contributed by atoms with Crippen LogP contribution in [0.25, 0.3) is 39.1 Å². The van der Waals surface area contributed by atoms with Crippen LogP contribution in [0, 0.1) is 16.6 Å². The third kappa shape index (κ3) is 5.50. The van der Waals surface area contributed by atoms with Crippen LogP contribution in [-0.4, -0.2) is 19.3 Å². The van der Waals surface area contributed by atoms with Gasteiger partial charge in [0.05, 0.1) is 20.8 Å². The molecule has 9 rings (SSSR count). The molecular formula is C50H47FO4. The van der Waals surface area contributed by atoms with Gasteiger partial charge in [-0.1, -0.05) is 94.4 Å². The lowest BCUT2D eigenvalue weighted by Gasteiger charge is -2.52. The van der Waals surface area contributed by atoms with E-state index in [-0.39, 0.29) is 28.7 Å². The summed E-state index contributed by atoms with van der Waals surface area (Å²) in [6.07, 6.45) is 7.67. The van der Waals surface area contributed by atoms with Crippen LogP contribution >= 0.6 is 0 Å². The number of rotatable bonds is 6. The second kappa shape index (κ2) is 12.6. The van der Waals surface area contributed by atoms with Crippen molar-refractivity contribution in [2.45, 2.75) is 64.6 Å². The Balaban J connectivity index is 1.41. The Labute approximate surface area is 323 Å². The van der Waals surface area contributed by atoms with Crippen LogP contribution in [-0.2, 0) is 17.6 Å². The summed E-state index contributed by atoms with van der Waals surface area (Å²) in [5.74, 6) is 2.02. The maximum absolute atomic E-state index is 14.2. The summed E-state index contributed by atoms with van der Waals surface area (Å²) in [5, 5.41) is 13.0. The van der Waals surface area contributed by atoms with Gasteiger partial charge in [-0.05, 0) is 129 Å². The molecule has 0 amide bonds. The maximum Gasteiger partial charge on any atom is 0.178 e. The Kier molecular flexibility index (Phi) is 8.07. The number of halogens is 1. The molecule has 3 aliphatic rings. The Morgan fingerprint density at radius 3 is 1.87 bits per heavy atom. The minimum atomic E-state index is -0.998. The van der Waals surface area contributed by atoms with E-state index in [0.29, 0.717) is 0 Å². The molecule has 5 heteroatoms. The van der Waals surface area contributed by atoms with Crippen molar-refractivity contribution in [3.8, 4) is 39.5 Å². The van der Waals surface area contributed by atoms with Gasteiger partial charge in [0.2, 0.25) is 0 Å². The fourth-order valence-corrected chi connectivity index (χ4v) is 10.9. The molecule has 1 saturated carbocycles. The summed E-state index contributed by atoms with van der Waals surface area (Å²) < 4.78 is 33.1. The number of benzene rings is 6. The van der Waals surface area contributed by atoms with Crippen molar-refractivity contribution in [1.29, 1.82) is 0 Å². The van der Waals surface area contributed by atoms with E-state index >= 15 is 0 Å². The number of hydrogen-bond acceptors (Lipinski definition) is 4. The average Bonchev–Trinajstić information content (AvgIpc) is 3.44. The molecule has 0 radical (unpaired) electrons. The number of methoxy groups -OCH3 is 2. The molecule has 1 fully saturated rings. The molecule has 6 aromatic carbocycles.